The second-order valence-electron chi connectivity index (χ2n) is 5.06. The van der Waals surface area contributed by atoms with Crippen molar-refractivity contribution in [1.82, 2.24) is 0 Å². The SMILES string of the molecule is C=CCCCCCCCCCC/C([O-])=N/S(=O)(=O)C(F)(F)F. The zero-order valence-electron chi connectivity index (χ0n) is 12.6. The molecule has 0 aliphatic rings. The Morgan fingerprint density at radius 1 is 1.00 bits per heavy atom. The lowest BCUT2D eigenvalue weighted by molar-refractivity contribution is -0.218. The third kappa shape index (κ3) is 9.81. The molecule has 0 aromatic rings. The van der Waals surface area contributed by atoms with Crippen molar-refractivity contribution >= 4 is 15.9 Å². The lowest BCUT2D eigenvalue weighted by Gasteiger charge is -2.11. The molecule has 0 heterocycles. The fraction of sp³-hybridized carbons (Fsp3) is 0.786. The number of allylic oxidation sites excluding steroid dienone is 1. The van der Waals surface area contributed by atoms with Crippen molar-refractivity contribution in [1.29, 1.82) is 0 Å². The average molecular weight is 342 g/mol. The van der Waals surface area contributed by atoms with E-state index in [2.05, 4.69) is 11.0 Å². The van der Waals surface area contributed by atoms with E-state index in [1.54, 1.807) is 0 Å². The van der Waals surface area contributed by atoms with E-state index < -0.39 is 21.4 Å². The maximum Gasteiger partial charge on any atom is 0.518 e. The molecule has 130 valence electrons. The van der Waals surface area contributed by atoms with Crippen LogP contribution in [0.25, 0.3) is 0 Å². The van der Waals surface area contributed by atoms with Gasteiger partial charge in [-0.05, 0) is 31.6 Å². The summed E-state index contributed by atoms with van der Waals surface area (Å²) in [6.45, 7) is 3.64. The fourth-order valence-corrected chi connectivity index (χ4v) is 2.32. The van der Waals surface area contributed by atoms with E-state index >= 15 is 0 Å². The van der Waals surface area contributed by atoms with Crippen LogP contribution in [0.3, 0.4) is 0 Å². The summed E-state index contributed by atoms with van der Waals surface area (Å²) in [4.78, 5) is 0. The van der Waals surface area contributed by atoms with E-state index in [0.717, 1.165) is 44.9 Å². The normalized spacial score (nSPS) is 13.3. The molecule has 0 atom stereocenters. The van der Waals surface area contributed by atoms with Gasteiger partial charge in [0.25, 0.3) is 0 Å². The van der Waals surface area contributed by atoms with Gasteiger partial charge in [-0.3, -0.25) is 0 Å². The molecule has 0 radical (unpaired) electrons. The smallest absolute Gasteiger partial charge is 0.518 e. The van der Waals surface area contributed by atoms with Crippen LogP contribution >= 0.6 is 0 Å². The predicted molar refractivity (Wildman–Crippen MR) is 78.8 cm³/mol. The molecule has 4 nitrogen and oxygen atoms in total. The van der Waals surface area contributed by atoms with Crippen molar-refractivity contribution in [3.05, 3.63) is 12.7 Å². The average Bonchev–Trinajstić information content (AvgIpc) is 2.39. The molecule has 0 spiro atoms. The van der Waals surface area contributed by atoms with Crippen molar-refractivity contribution in [3.8, 4) is 0 Å². The first kappa shape index (κ1) is 20.9. The maximum atomic E-state index is 12.0. The van der Waals surface area contributed by atoms with Gasteiger partial charge in [-0.1, -0.05) is 44.6 Å². The van der Waals surface area contributed by atoms with Crippen molar-refractivity contribution < 1.29 is 26.7 Å². The lowest BCUT2D eigenvalue weighted by Crippen LogP contribution is -2.26. The summed E-state index contributed by atoms with van der Waals surface area (Å²) in [6, 6.07) is 0. The van der Waals surface area contributed by atoms with Gasteiger partial charge in [0.15, 0.2) is 0 Å². The Balaban J connectivity index is 3.74. The zero-order chi connectivity index (χ0) is 17.1. The molecule has 0 bridgehead atoms. The Morgan fingerprint density at radius 3 is 1.91 bits per heavy atom. The van der Waals surface area contributed by atoms with E-state index in [1.807, 2.05) is 6.08 Å². The van der Waals surface area contributed by atoms with Crippen LogP contribution in [0.1, 0.15) is 64.2 Å². The van der Waals surface area contributed by atoms with Gasteiger partial charge < -0.3 is 5.11 Å². The Hall–Kier alpha value is -1.05. The summed E-state index contributed by atoms with van der Waals surface area (Å²) in [5, 5.41) is 11.1. The Labute approximate surface area is 130 Å². The van der Waals surface area contributed by atoms with Gasteiger partial charge in [0.2, 0.25) is 0 Å². The second kappa shape index (κ2) is 10.6. The van der Waals surface area contributed by atoms with Gasteiger partial charge in [0.1, 0.15) is 0 Å². The molecule has 0 N–H and O–H groups in total. The minimum Gasteiger partial charge on any atom is -0.861 e. The van der Waals surface area contributed by atoms with Gasteiger partial charge in [-0.2, -0.15) is 26.0 Å². The van der Waals surface area contributed by atoms with Crippen molar-refractivity contribution in [2.45, 2.75) is 69.7 Å². The van der Waals surface area contributed by atoms with Gasteiger partial charge in [-0.25, -0.2) is 0 Å². The van der Waals surface area contributed by atoms with E-state index in [-0.39, 0.29) is 6.42 Å². The van der Waals surface area contributed by atoms with Crippen LogP contribution in [-0.2, 0) is 10.0 Å². The highest BCUT2D eigenvalue weighted by Gasteiger charge is 2.45. The Morgan fingerprint density at radius 2 is 1.45 bits per heavy atom. The summed E-state index contributed by atoms with van der Waals surface area (Å²) in [6.07, 6.45) is 10.0. The largest absolute Gasteiger partial charge is 0.861 e. The van der Waals surface area contributed by atoms with Gasteiger partial charge in [0, 0.05) is 0 Å². The Bertz CT molecular complexity index is 445. The Kier molecular flexibility index (Phi) is 10.1. The number of nitrogens with zero attached hydrogens (tertiary/aromatic N) is 1. The van der Waals surface area contributed by atoms with E-state index in [1.165, 1.54) is 0 Å². The molecular formula is C14H23F3NO3S-. The molecule has 0 aromatic carbocycles. The van der Waals surface area contributed by atoms with E-state index in [0.29, 0.717) is 12.8 Å². The number of hydrogen-bond acceptors (Lipinski definition) is 3. The highest BCUT2D eigenvalue weighted by molar-refractivity contribution is 7.91. The summed E-state index contributed by atoms with van der Waals surface area (Å²) in [5.41, 5.74) is -5.51. The summed E-state index contributed by atoms with van der Waals surface area (Å²) >= 11 is 0. The molecule has 0 aromatic heterocycles. The summed E-state index contributed by atoms with van der Waals surface area (Å²) < 4.78 is 59.5. The van der Waals surface area contributed by atoms with Crippen LogP contribution in [0.2, 0.25) is 0 Å². The van der Waals surface area contributed by atoms with Crippen molar-refractivity contribution in [2.24, 2.45) is 4.40 Å². The molecule has 0 fully saturated rings. The van der Waals surface area contributed by atoms with Crippen LogP contribution in [0.5, 0.6) is 0 Å². The van der Waals surface area contributed by atoms with Crippen LogP contribution in [0.4, 0.5) is 13.2 Å². The highest BCUT2D eigenvalue weighted by Crippen LogP contribution is 2.24. The molecule has 0 aliphatic carbocycles. The van der Waals surface area contributed by atoms with Crippen LogP contribution < -0.4 is 5.11 Å². The molecular weight excluding hydrogens is 319 g/mol. The van der Waals surface area contributed by atoms with Gasteiger partial charge >= 0.3 is 15.5 Å². The molecule has 0 saturated heterocycles. The fourth-order valence-electron chi connectivity index (χ4n) is 1.86. The maximum absolute atomic E-state index is 12.0. The first-order chi connectivity index (χ1) is 10.2. The first-order valence-electron chi connectivity index (χ1n) is 7.38. The topological polar surface area (TPSA) is 69.6 Å². The van der Waals surface area contributed by atoms with Crippen molar-refractivity contribution in [2.75, 3.05) is 0 Å². The third-order valence-corrected chi connectivity index (χ3v) is 4.09. The number of rotatable bonds is 12. The molecule has 0 rings (SSSR count). The molecule has 22 heavy (non-hydrogen) atoms. The number of alkyl halides is 3. The lowest BCUT2D eigenvalue weighted by atomic mass is 10.1. The highest BCUT2D eigenvalue weighted by atomic mass is 32.2. The minimum atomic E-state index is -5.69. The van der Waals surface area contributed by atoms with Crippen molar-refractivity contribution in [3.63, 3.8) is 0 Å². The second-order valence-corrected chi connectivity index (χ2v) is 6.66. The molecule has 0 amide bonds. The number of halogens is 3. The zero-order valence-corrected chi connectivity index (χ0v) is 13.4. The summed E-state index contributed by atoms with van der Waals surface area (Å²) in [7, 11) is -5.69. The van der Waals surface area contributed by atoms with Crippen LogP contribution in [0.15, 0.2) is 17.1 Å². The van der Waals surface area contributed by atoms with Crippen LogP contribution in [-0.4, -0.2) is 19.8 Å². The van der Waals surface area contributed by atoms with Gasteiger partial charge in [0.05, 0.1) is 0 Å². The number of hydrogen-bond donors (Lipinski definition) is 0. The molecule has 0 aliphatic heterocycles. The van der Waals surface area contributed by atoms with Gasteiger partial charge in [-0.15, -0.1) is 6.58 Å². The van der Waals surface area contributed by atoms with E-state index in [9.17, 15) is 26.7 Å². The monoisotopic (exact) mass is 342 g/mol. The van der Waals surface area contributed by atoms with E-state index in [4.69, 9.17) is 0 Å². The summed E-state index contributed by atoms with van der Waals surface area (Å²) in [5.74, 6) is -1.23. The minimum absolute atomic E-state index is 0.269. The standard InChI is InChI=1S/C14H24F3NO3S/c1-2-3-4-5-6-7-8-9-10-11-12-13(19)18-22(20,21)14(15,16)17/h2H,1,3-12H2,(H,18,19)/p-1. The third-order valence-electron chi connectivity index (χ3n) is 3.06. The first-order valence-corrected chi connectivity index (χ1v) is 8.82. The number of unbranched alkanes of at least 4 members (excludes halogenated alkanes) is 8. The molecule has 8 heteroatoms. The quantitative estimate of drug-likeness (QED) is 0.235. The molecule has 0 saturated carbocycles. The van der Waals surface area contributed by atoms with Crippen LogP contribution in [0, 0.1) is 0 Å². The number of sulfonamides is 1. The molecule has 0 unspecified atom stereocenters. The predicted octanol–water partition coefficient (Wildman–Crippen LogP) is 3.68.